The molecule has 0 aliphatic rings. The van der Waals surface area contributed by atoms with Crippen LogP contribution in [0.5, 0.6) is 0 Å². The van der Waals surface area contributed by atoms with Gasteiger partial charge >= 0.3 is 5.97 Å². The van der Waals surface area contributed by atoms with Gasteiger partial charge in [-0.25, -0.2) is 4.39 Å². The zero-order valence-corrected chi connectivity index (χ0v) is 11.1. The smallest absolute Gasteiger partial charge is 0.309 e. The number of halogens is 1. The number of carboxylic acids is 1. The van der Waals surface area contributed by atoms with Gasteiger partial charge in [0.25, 0.3) is 5.91 Å². The minimum Gasteiger partial charge on any atom is -0.481 e. The van der Waals surface area contributed by atoms with E-state index in [1.807, 2.05) is 0 Å². The third-order valence-electron chi connectivity index (χ3n) is 2.70. The Labute approximate surface area is 114 Å². The van der Waals surface area contributed by atoms with Gasteiger partial charge in [-0.3, -0.25) is 14.4 Å². The maximum Gasteiger partial charge on any atom is 0.309 e. The lowest BCUT2D eigenvalue weighted by Gasteiger charge is -2.18. The number of nitrogens with one attached hydrogen (secondary N) is 1. The molecule has 1 aromatic carbocycles. The predicted octanol–water partition coefficient (Wildman–Crippen LogP) is 1.36. The molecular weight excluding hydrogens is 267 g/mol. The Morgan fingerprint density at radius 1 is 1.35 bits per heavy atom. The zero-order valence-electron chi connectivity index (χ0n) is 11.1. The molecule has 0 unspecified atom stereocenters. The lowest BCUT2D eigenvalue weighted by molar-refractivity contribution is -0.148. The second kappa shape index (κ2) is 5.68. The van der Waals surface area contributed by atoms with E-state index in [0.717, 1.165) is 12.1 Å². The van der Waals surface area contributed by atoms with E-state index in [1.165, 1.54) is 19.9 Å². The summed E-state index contributed by atoms with van der Waals surface area (Å²) in [5.41, 5.74) is 3.59. The normalized spacial score (nSPS) is 10.9. The summed E-state index contributed by atoms with van der Waals surface area (Å²) < 4.78 is 13.2. The first-order valence-electron chi connectivity index (χ1n) is 5.76. The van der Waals surface area contributed by atoms with Crippen LogP contribution in [0.2, 0.25) is 0 Å². The topological polar surface area (TPSA) is 109 Å². The van der Waals surface area contributed by atoms with Crippen LogP contribution < -0.4 is 11.1 Å². The van der Waals surface area contributed by atoms with E-state index in [0.29, 0.717) is 0 Å². The lowest BCUT2D eigenvalue weighted by atomic mass is 9.89. The Morgan fingerprint density at radius 3 is 2.45 bits per heavy atom. The van der Waals surface area contributed by atoms with Gasteiger partial charge < -0.3 is 16.2 Å². The van der Waals surface area contributed by atoms with Gasteiger partial charge in [0.05, 0.1) is 11.0 Å². The molecule has 1 rings (SSSR count). The molecule has 0 aliphatic heterocycles. The monoisotopic (exact) mass is 282 g/mol. The molecular formula is C13H15FN2O4. The molecule has 7 heteroatoms. The summed E-state index contributed by atoms with van der Waals surface area (Å²) in [4.78, 5) is 33.6. The minimum atomic E-state index is -1.23. The first-order chi connectivity index (χ1) is 9.13. The van der Waals surface area contributed by atoms with E-state index in [1.54, 1.807) is 0 Å². The van der Waals surface area contributed by atoms with Crippen molar-refractivity contribution in [2.24, 2.45) is 11.1 Å². The number of amides is 2. The van der Waals surface area contributed by atoms with Crippen LogP contribution in [0.4, 0.5) is 10.1 Å². The Kier molecular flexibility index (Phi) is 4.44. The van der Waals surface area contributed by atoms with Crippen molar-refractivity contribution in [1.29, 1.82) is 0 Å². The van der Waals surface area contributed by atoms with Crippen LogP contribution in [0, 0.1) is 11.2 Å². The fourth-order valence-corrected chi connectivity index (χ4v) is 1.47. The van der Waals surface area contributed by atoms with Crippen LogP contribution in [0.25, 0.3) is 0 Å². The van der Waals surface area contributed by atoms with E-state index in [-0.39, 0.29) is 17.7 Å². The maximum absolute atomic E-state index is 13.2. The summed E-state index contributed by atoms with van der Waals surface area (Å²) in [7, 11) is 0. The molecule has 108 valence electrons. The first-order valence-corrected chi connectivity index (χ1v) is 5.76. The van der Waals surface area contributed by atoms with Crippen LogP contribution >= 0.6 is 0 Å². The third-order valence-corrected chi connectivity index (χ3v) is 2.70. The van der Waals surface area contributed by atoms with Crippen molar-refractivity contribution in [3.8, 4) is 0 Å². The molecule has 0 aliphatic carbocycles. The molecule has 2 amide bonds. The van der Waals surface area contributed by atoms with E-state index in [2.05, 4.69) is 5.32 Å². The summed E-state index contributed by atoms with van der Waals surface area (Å²) in [6, 6.07) is 3.36. The zero-order chi connectivity index (χ0) is 15.5. The number of primary amides is 1. The first kappa shape index (κ1) is 15.6. The molecule has 1 aromatic rings. The SMILES string of the molecule is CC(C)(CC(=O)Nc1ccc(F)c(C(N)=O)c1)C(=O)O. The molecule has 20 heavy (non-hydrogen) atoms. The molecule has 4 N–H and O–H groups in total. The molecule has 0 atom stereocenters. The van der Waals surface area contributed by atoms with Gasteiger partial charge in [0.15, 0.2) is 0 Å². The predicted molar refractivity (Wildman–Crippen MR) is 69.6 cm³/mol. The summed E-state index contributed by atoms with van der Waals surface area (Å²) in [6.07, 6.45) is -0.258. The number of hydrogen-bond donors (Lipinski definition) is 3. The Morgan fingerprint density at radius 2 is 1.95 bits per heavy atom. The number of carbonyl (C=O) groups is 3. The largest absolute Gasteiger partial charge is 0.481 e. The molecule has 0 fully saturated rings. The molecule has 0 saturated carbocycles. The molecule has 0 spiro atoms. The number of anilines is 1. The van der Waals surface area contributed by atoms with Crippen LogP contribution in [0.1, 0.15) is 30.6 Å². The van der Waals surface area contributed by atoms with Gasteiger partial charge in [-0.15, -0.1) is 0 Å². The second-order valence-corrected chi connectivity index (χ2v) is 4.97. The molecule has 0 heterocycles. The number of hydrogen-bond acceptors (Lipinski definition) is 3. The number of benzene rings is 1. The summed E-state index contributed by atoms with van der Waals surface area (Å²) in [5.74, 6) is -3.41. The Balaban J connectivity index is 2.84. The van der Waals surface area contributed by atoms with E-state index < -0.39 is 29.0 Å². The molecule has 0 saturated heterocycles. The highest BCUT2D eigenvalue weighted by atomic mass is 19.1. The fourth-order valence-electron chi connectivity index (χ4n) is 1.47. The van der Waals surface area contributed by atoms with Gasteiger partial charge in [-0.2, -0.15) is 0 Å². The lowest BCUT2D eigenvalue weighted by Crippen LogP contribution is -2.29. The highest BCUT2D eigenvalue weighted by Crippen LogP contribution is 2.22. The third kappa shape index (κ3) is 3.78. The van der Waals surface area contributed by atoms with Crippen LogP contribution in [0.3, 0.4) is 0 Å². The van der Waals surface area contributed by atoms with Crippen molar-refractivity contribution in [3.63, 3.8) is 0 Å². The molecule has 0 aromatic heterocycles. The van der Waals surface area contributed by atoms with E-state index in [9.17, 15) is 18.8 Å². The van der Waals surface area contributed by atoms with Crippen molar-refractivity contribution >= 4 is 23.5 Å². The summed E-state index contributed by atoms with van der Waals surface area (Å²) in [6.45, 7) is 2.82. The van der Waals surface area contributed by atoms with Crippen molar-refractivity contribution in [1.82, 2.24) is 0 Å². The van der Waals surface area contributed by atoms with Crippen molar-refractivity contribution in [2.75, 3.05) is 5.32 Å². The van der Waals surface area contributed by atoms with Gasteiger partial charge in [0.1, 0.15) is 5.82 Å². The van der Waals surface area contributed by atoms with Gasteiger partial charge in [-0.1, -0.05) is 0 Å². The van der Waals surface area contributed by atoms with Crippen molar-refractivity contribution in [2.45, 2.75) is 20.3 Å². The van der Waals surface area contributed by atoms with Crippen LogP contribution in [-0.2, 0) is 9.59 Å². The number of carboxylic acid groups (broad SMARTS) is 1. The van der Waals surface area contributed by atoms with Gasteiger partial charge in [0, 0.05) is 12.1 Å². The highest BCUT2D eigenvalue weighted by Gasteiger charge is 2.30. The van der Waals surface area contributed by atoms with Crippen LogP contribution in [0.15, 0.2) is 18.2 Å². The average Bonchev–Trinajstić information content (AvgIpc) is 2.30. The molecule has 6 nitrogen and oxygen atoms in total. The minimum absolute atomic E-state index is 0.173. The van der Waals surface area contributed by atoms with Crippen molar-refractivity contribution < 1.29 is 23.9 Å². The van der Waals surface area contributed by atoms with Crippen LogP contribution in [-0.4, -0.2) is 22.9 Å². The standard InChI is InChI=1S/C13H15FN2O4/c1-13(2,12(19)20)6-10(17)16-7-3-4-9(14)8(5-7)11(15)18/h3-5H,6H2,1-2H3,(H2,15,18)(H,16,17)(H,19,20). The Hall–Kier alpha value is -2.44. The van der Waals surface area contributed by atoms with E-state index in [4.69, 9.17) is 10.8 Å². The van der Waals surface area contributed by atoms with Gasteiger partial charge in [0.2, 0.25) is 5.91 Å². The highest BCUT2D eigenvalue weighted by molar-refractivity contribution is 5.97. The van der Waals surface area contributed by atoms with E-state index >= 15 is 0 Å². The Bertz CT molecular complexity index is 569. The maximum atomic E-state index is 13.2. The quantitative estimate of drug-likeness (QED) is 0.757. The van der Waals surface area contributed by atoms with Crippen molar-refractivity contribution in [3.05, 3.63) is 29.6 Å². The fraction of sp³-hybridized carbons (Fsp3) is 0.308. The summed E-state index contributed by atoms with van der Waals surface area (Å²) >= 11 is 0. The number of aliphatic carboxylic acids is 1. The average molecular weight is 282 g/mol. The number of nitrogens with two attached hydrogens (primary N) is 1. The summed E-state index contributed by atoms with van der Waals surface area (Å²) in [5, 5.41) is 11.3. The number of carbonyl (C=O) groups excluding carboxylic acids is 2. The molecule has 0 radical (unpaired) electrons. The van der Waals surface area contributed by atoms with Gasteiger partial charge in [-0.05, 0) is 32.0 Å². The molecule has 0 bridgehead atoms. The number of rotatable bonds is 5. The second-order valence-electron chi connectivity index (χ2n) is 4.97.